The lowest BCUT2D eigenvalue weighted by Gasteiger charge is -2.26. The van der Waals surface area contributed by atoms with E-state index in [4.69, 9.17) is 4.74 Å². The van der Waals surface area contributed by atoms with Gasteiger partial charge in [0.1, 0.15) is 5.75 Å². The van der Waals surface area contributed by atoms with Crippen molar-refractivity contribution in [1.29, 1.82) is 0 Å². The standard InChI is InChI=1S/C24H26N2O4S/c1-30-23-13-12-20(31(28,29)26-14-5-2-6-15-26)16-22(23)24(27)25-17-19-10-7-9-18-8-3-4-11-21(18)19/h3-4,7-13,16H,2,5-6,14-15,17H2,1H3,(H,25,27). The fourth-order valence-electron chi connectivity index (χ4n) is 4.00. The zero-order chi connectivity index (χ0) is 21.8. The summed E-state index contributed by atoms with van der Waals surface area (Å²) in [4.78, 5) is 13.1. The van der Waals surface area contributed by atoms with E-state index in [1.807, 2.05) is 42.5 Å². The monoisotopic (exact) mass is 438 g/mol. The molecule has 1 saturated heterocycles. The zero-order valence-corrected chi connectivity index (χ0v) is 18.3. The third-order valence-corrected chi connectivity index (χ3v) is 7.58. The topological polar surface area (TPSA) is 75.7 Å². The Kier molecular flexibility index (Phi) is 6.25. The van der Waals surface area contributed by atoms with Gasteiger partial charge < -0.3 is 10.1 Å². The number of amides is 1. The van der Waals surface area contributed by atoms with Crippen LogP contribution in [0.1, 0.15) is 35.2 Å². The molecule has 1 fully saturated rings. The van der Waals surface area contributed by atoms with Crippen molar-refractivity contribution in [2.75, 3.05) is 20.2 Å². The number of piperidine rings is 1. The van der Waals surface area contributed by atoms with E-state index in [-0.39, 0.29) is 16.4 Å². The summed E-state index contributed by atoms with van der Waals surface area (Å²) in [5.74, 6) is -0.0338. The molecule has 162 valence electrons. The van der Waals surface area contributed by atoms with Crippen LogP contribution in [0.25, 0.3) is 10.8 Å². The molecule has 0 bridgehead atoms. The first-order valence-electron chi connectivity index (χ1n) is 10.4. The van der Waals surface area contributed by atoms with Crippen molar-refractivity contribution >= 4 is 26.7 Å². The Morgan fingerprint density at radius 1 is 1.00 bits per heavy atom. The van der Waals surface area contributed by atoms with Gasteiger partial charge in [-0.1, -0.05) is 48.9 Å². The van der Waals surface area contributed by atoms with Crippen LogP contribution in [0.3, 0.4) is 0 Å². The molecule has 0 saturated carbocycles. The predicted molar refractivity (Wildman–Crippen MR) is 121 cm³/mol. The number of fused-ring (bicyclic) bond motifs is 1. The number of sulfonamides is 1. The minimum absolute atomic E-state index is 0.116. The van der Waals surface area contributed by atoms with Crippen molar-refractivity contribution in [1.82, 2.24) is 9.62 Å². The normalized spacial score (nSPS) is 15.0. The lowest BCUT2D eigenvalue weighted by atomic mass is 10.0. The van der Waals surface area contributed by atoms with Crippen molar-refractivity contribution < 1.29 is 17.9 Å². The number of carbonyl (C=O) groups is 1. The molecule has 3 aromatic rings. The Morgan fingerprint density at radius 2 is 1.74 bits per heavy atom. The molecule has 0 aromatic heterocycles. The van der Waals surface area contributed by atoms with E-state index in [0.29, 0.717) is 25.4 Å². The second-order valence-corrected chi connectivity index (χ2v) is 9.59. The molecule has 6 nitrogen and oxygen atoms in total. The molecule has 1 heterocycles. The highest BCUT2D eigenvalue weighted by Gasteiger charge is 2.27. The van der Waals surface area contributed by atoms with Gasteiger partial charge in [-0.05, 0) is 47.4 Å². The largest absolute Gasteiger partial charge is 0.496 e. The summed E-state index contributed by atoms with van der Waals surface area (Å²) < 4.78 is 32.9. The van der Waals surface area contributed by atoms with Gasteiger partial charge in [0.25, 0.3) is 5.91 Å². The third kappa shape index (κ3) is 4.43. The average molecular weight is 439 g/mol. The first-order chi connectivity index (χ1) is 15.0. The predicted octanol–water partition coefficient (Wildman–Crippen LogP) is 3.95. The molecule has 0 radical (unpaired) electrons. The Morgan fingerprint density at radius 3 is 2.52 bits per heavy atom. The molecule has 1 aliphatic heterocycles. The number of methoxy groups -OCH3 is 1. The number of carbonyl (C=O) groups excluding carboxylic acids is 1. The van der Waals surface area contributed by atoms with Gasteiger partial charge in [0, 0.05) is 19.6 Å². The first kappa shape index (κ1) is 21.3. The lowest BCUT2D eigenvalue weighted by molar-refractivity contribution is 0.0948. The van der Waals surface area contributed by atoms with Crippen LogP contribution in [-0.2, 0) is 16.6 Å². The number of benzene rings is 3. The van der Waals surface area contributed by atoms with Gasteiger partial charge in [-0.25, -0.2) is 8.42 Å². The third-order valence-electron chi connectivity index (χ3n) is 5.69. The summed E-state index contributed by atoms with van der Waals surface area (Å²) in [6, 6.07) is 18.4. The minimum atomic E-state index is -3.64. The molecule has 1 aliphatic rings. The summed E-state index contributed by atoms with van der Waals surface area (Å²) in [6.07, 6.45) is 2.75. The molecular formula is C24H26N2O4S. The van der Waals surface area contributed by atoms with Crippen molar-refractivity contribution in [2.24, 2.45) is 0 Å². The van der Waals surface area contributed by atoms with E-state index >= 15 is 0 Å². The molecule has 31 heavy (non-hydrogen) atoms. The summed E-state index contributed by atoms with van der Waals surface area (Å²) in [5.41, 5.74) is 1.20. The van der Waals surface area contributed by atoms with Crippen molar-refractivity contribution in [3.8, 4) is 5.75 Å². The van der Waals surface area contributed by atoms with Gasteiger partial charge in [0.2, 0.25) is 10.0 Å². The molecular weight excluding hydrogens is 412 g/mol. The van der Waals surface area contributed by atoms with Gasteiger partial charge in [-0.3, -0.25) is 4.79 Å². The van der Waals surface area contributed by atoms with Gasteiger partial charge >= 0.3 is 0 Å². The van der Waals surface area contributed by atoms with Crippen LogP contribution in [0.2, 0.25) is 0 Å². The molecule has 0 unspecified atom stereocenters. The molecule has 1 N–H and O–H groups in total. The fourth-order valence-corrected chi connectivity index (χ4v) is 5.54. The lowest BCUT2D eigenvalue weighted by Crippen LogP contribution is -2.35. The highest BCUT2D eigenvalue weighted by molar-refractivity contribution is 7.89. The van der Waals surface area contributed by atoms with Crippen LogP contribution >= 0.6 is 0 Å². The maximum absolute atomic E-state index is 13.0. The second-order valence-electron chi connectivity index (χ2n) is 7.65. The van der Waals surface area contributed by atoms with Crippen LogP contribution in [-0.4, -0.2) is 38.8 Å². The molecule has 4 rings (SSSR count). The van der Waals surface area contributed by atoms with Crippen LogP contribution in [0.5, 0.6) is 5.75 Å². The second kappa shape index (κ2) is 9.08. The summed E-state index contributed by atoms with van der Waals surface area (Å²) >= 11 is 0. The van der Waals surface area contributed by atoms with Crippen molar-refractivity contribution in [2.45, 2.75) is 30.7 Å². The van der Waals surface area contributed by atoms with Crippen LogP contribution < -0.4 is 10.1 Å². The number of nitrogens with zero attached hydrogens (tertiary/aromatic N) is 1. The highest BCUT2D eigenvalue weighted by atomic mass is 32.2. The molecule has 0 aliphatic carbocycles. The van der Waals surface area contributed by atoms with Gasteiger partial charge in [-0.2, -0.15) is 4.31 Å². The smallest absolute Gasteiger partial charge is 0.255 e. The van der Waals surface area contributed by atoms with Crippen molar-refractivity contribution in [3.63, 3.8) is 0 Å². The maximum atomic E-state index is 13.0. The Labute approximate surface area is 182 Å². The van der Waals surface area contributed by atoms with Crippen LogP contribution in [0, 0.1) is 0 Å². The van der Waals surface area contributed by atoms with Gasteiger partial charge in [-0.15, -0.1) is 0 Å². The Balaban J connectivity index is 1.59. The number of nitrogens with one attached hydrogen (secondary N) is 1. The quantitative estimate of drug-likeness (QED) is 0.632. The number of ether oxygens (including phenoxy) is 1. The van der Waals surface area contributed by atoms with E-state index in [0.717, 1.165) is 35.6 Å². The molecule has 7 heteroatoms. The zero-order valence-electron chi connectivity index (χ0n) is 17.5. The fraction of sp³-hybridized carbons (Fsp3) is 0.292. The molecule has 1 amide bonds. The maximum Gasteiger partial charge on any atom is 0.255 e. The summed E-state index contributed by atoms with van der Waals surface area (Å²) in [5, 5.41) is 5.08. The van der Waals surface area contributed by atoms with E-state index < -0.39 is 10.0 Å². The Bertz CT molecular complexity index is 1200. The van der Waals surface area contributed by atoms with Crippen LogP contribution in [0.4, 0.5) is 0 Å². The number of rotatable bonds is 6. The van der Waals surface area contributed by atoms with E-state index in [1.54, 1.807) is 6.07 Å². The molecule has 0 spiro atoms. The number of hydrogen-bond donors (Lipinski definition) is 1. The number of hydrogen-bond acceptors (Lipinski definition) is 4. The highest BCUT2D eigenvalue weighted by Crippen LogP contribution is 2.26. The van der Waals surface area contributed by atoms with Crippen LogP contribution in [0.15, 0.2) is 65.6 Å². The molecule has 3 aromatic carbocycles. The van der Waals surface area contributed by atoms with E-state index in [9.17, 15) is 13.2 Å². The summed E-state index contributed by atoms with van der Waals surface area (Å²) in [7, 11) is -2.17. The average Bonchev–Trinajstić information content (AvgIpc) is 2.82. The summed E-state index contributed by atoms with van der Waals surface area (Å²) in [6.45, 7) is 1.35. The van der Waals surface area contributed by atoms with Gasteiger partial charge in [0.15, 0.2) is 0 Å². The van der Waals surface area contributed by atoms with E-state index in [2.05, 4.69) is 5.32 Å². The van der Waals surface area contributed by atoms with Crippen molar-refractivity contribution in [3.05, 3.63) is 71.8 Å². The molecule has 0 atom stereocenters. The van der Waals surface area contributed by atoms with E-state index in [1.165, 1.54) is 23.5 Å². The first-order valence-corrected chi connectivity index (χ1v) is 11.9. The Hall–Kier alpha value is -2.90. The van der Waals surface area contributed by atoms with Gasteiger partial charge in [0.05, 0.1) is 17.6 Å². The SMILES string of the molecule is COc1ccc(S(=O)(=O)N2CCCCC2)cc1C(=O)NCc1cccc2ccccc12. The minimum Gasteiger partial charge on any atom is -0.496 e.